The second kappa shape index (κ2) is 7.35. The van der Waals surface area contributed by atoms with Gasteiger partial charge in [-0.25, -0.2) is 0 Å². The predicted molar refractivity (Wildman–Crippen MR) is 90.6 cm³/mol. The van der Waals surface area contributed by atoms with E-state index in [-0.39, 0.29) is 22.9 Å². The Labute approximate surface area is 144 Å². The first kappa shape index (κ1) is 17.0. The summed E-state index contributed by atoms with van der Waals surface area (Å²) < 4.78 is 5.58. The third-order valence-corrected chi connectivity index (χ3v) is 4.15. The first-order valence-electron chi connectivity index (χ1n) is 8.13. The molecule has 8 nitrogen and oxygen atoms in total. The number of nitrogens with one attached hydrogen (secondary N) is 1. The standard InChI is InChI=1S/C17H19N3O5/c21-15-10-12(20(23)24)4-6-14(15)18-17(22)16-7-5-13(25-16)11-19-8-2-1-3-9-19/h4-7,10,21H,1-3,8-9,11H2,(H,18,22). The Balaban J connectivity index is 1.64. The van der Waals surface area contributed by atoms with E-state index in [1.54, 1.807) is 12.1 Å². The molecule has 1 saturated heterocycles. The molecule has 0 radical (unpaired) electrons. The minimum absolute atomic E-state index is 0.0876. The summed E-state index contributed by atoms with van der Waals surface area (Å²) in [5.41, 5.74) is -0.165. The summed E-state index contributed by atoms with van der Waals surface area (Å²) in [6.07, 6.45) is 3.60. The van der Waals surface area contributed by atoms with Gasteiger partial charge in [-0.2, -0.15) is 0 Å². The highest BCUT2D eigenvalue weighted by molar-refractivity contribution is 6.03. The minimum atomic E-state index is -0.620. The van der Waals surface area contributed by atoms with E-state index < -0.39 is 10.8 Å². The number of nitrogens with zero attached hydrogens (tertiary/aromatic N) is 2. The molecule has 1 fully saturated rings. The molecular formula is C17H19N3O5. The Bertz CT molecular complexity index is 780. The third kappa shape index (κ3) is 4.16. The number of likely N-dealkylation sites (tertiary alicyclic amines) is 1. The first-order chi connectivity index (χ1) is 12.0. The van der Waals surface area contributed by atoms with Gasteiger partial charge in [0.1, 0.15) is 11.5 Å². The van der Waals surface area contributed by atoms with Gasteiger partial charge in [-0.1, -0.05) is 6.42 Å². The van der Waals surface area contributed by atoms with E-state index in [4.69, 9.17) is 4.42 Å². The molecule has 3 rings (SSSR count). The maximum atomic E-state index is 12.2. The molecule has 1 aliphatic heterocycles. The monoisotopic (exact) mass is 345 g/mol. The molecule has 1 aromatic carbocycles. The molecule has 2 heterocycles. The van der Waals surface area contributed by atoms with Gasteiger partial charge in [0.25, 0.3) is 11.6 Å². The number of non-ortho nitro benzene ring substituents is 1. The van der Waals surface area contributed by atoms with Gasteiger partial charge in [-0.05, 0) is 44.1 Å². The van der Waals surface area contributed by atoms with Gasteiger partial charge in [-0.15, -0.1) is 0 Å². The molecule has 25 heavy (non-hydrogen) atoms. The summed E-state index contributed by atoms with van der Waals surface area (Å²) in [6.45, 7) is 2.72. The number of hydrogen-bond donors (Lipinski definition) is 2. The lowest BCUT2D eigenvalue weighted by molar-refractivity contribution is -0.384. The van der Waals surface area contributed by atoms with E-state index in [0.717, 1.165) is 19.2 Å². The molecule has 1 aromatic heterocycles. The van der Waals surface area contributed by atoms with Crippen molar-refractivity contribution >= 4 is 17.3 Å². The van der Waals surface area contributed by atoms with Crippen molar-refractivity contribution in [1.82, 2.24) is 4.90 Å². The fraction of sp³-hybridized carbons (Fsp3) is 0.353. The van der Waals surface area contributed by atoms with Crippen LogP contribution in [0.25, 0.3) is 0 Å². The lowest BCUT2D eigenvalue weighted by atomic mass is 10.1. The van der Waals surface area contributed by atoms with Crippen LogP contribution in [0.3, 0.4) is 0 Å². The molecule has 0 spiro atoms. The molecule has 132 valence electrons. The molecular weight excluding hydrogens is 326 g/mol. The van der Waals surface area contributed by atoms with E-state index in [1.807, 2.05) is 0 Å². The maximum absolute atomic E-state index is 12.2. The van der Waals surface area contributed by atoms with E-state index in [2.05, 4.69) is 10.2 Å². The van der Waals surface area contributed by atoms with Crippen LogP contribution in [0.5, 0.6) is 5.75 Å². The summed E-state index contributed by atoms with van der Waals surface area (Å²) in [5, 5.41) is 23.0. The van der Waals surface area contributed by atoms with Crippen molar-refractivity contribution < 1.29 is 19.2 Å². The maximum Gasteiger partial charge on any atom is 0.291 e. The lowest BCUT2D eigenvalue weighted by Crippen LogP contribution is -2.28. The van der Waals surface area contributed by atoms with E-state index in [1.165, 1.54) is 31.4 Å². The van der Waals surface area contributed by atoms with Crippen LogP contribution >= 0.6 is 0 Å². The number of carbonyl (C=O) groups is 1. The Morgan fingerprint density at radius 3 is 2.68 bits per heavy atom. The quantitative estimate of drug-likeness (QED) is 0.489. The Hall–Kier alpha value is -2.87. The van der Waals surface area contributed by atoms with Gasteiger partial charge in [0.05, 0.1) is 23.2 Å². The number of nitro groups is 1. The fourth-order valence-electron chi connectivity index (χ4n) is 2.85. The number of anilines is 1. The Morgan fingerprint density at radius 1 is 1.24 bits per heavy atom. The number of hydrogen-bond acceptors (Lipinski definition) is 6. The third-order valence-electron chi connectivity index (χ3n) is 4.15. The van der Waals surface area contributed by atoms with Gasteiger partial charge in [0.2, 0.25) is 0 Å². The highest BCUT2D eigenvalue weighted by Crippen LogP contribution is 2.28. The predicted octanol–water partition coefficient (Wildman–Crippen LogP) is 3.13. The zero-order valence-corrected chi connectivity index (χ0v) is 13.6. The molecule has 8 heteroatoms. The smallest absolute Gasteiger partial charge is 0.291 e. The van der Waals surface area contributed by atoms with Crippen LogP contribution in [-0.4, -0.2) is 33.9 Å². The number of phenolic OH excluding ortho intramolecular Hbond substituents is 1. The summed E-state index contributed by atoms with van der Waals surface area (Å²) >= 11 is 0. The van der Waals surface area contributed by atoms with Gasteiger partial charge < -0.3 is 14.8 Å². The number of furan rings is 1. The molecule has 2 N–H and O–H groups in total. The number of amides is 1. The molecule has 0 saturated carbocycles. The average Bonchev–Trinajstić information content (AvgIpc) is 3.06. The molecule has 1 amide bonds. The SMILES string of the molecule is O=C(Nc1ccc([N+](=O)[O-])cc1O)c1ccc(CN2CCCCC2)o1. The molecule has 0 aliphatic carbocycles. The van der Waals surface area contributed by atoms with Crippen LogP contribution in [-0.2, 0) is 6.54 Å². The Morgan fingerprint density at radius 2 is 2.00 bits per heavy atom. The first-order valence-corrected chi connectivity index (χ1v) is 8.13. The fourth-order valence-corrected chi connectivity index (χ4v) is 2.85. The van der Waals surface area contributed by atoms with Crippen LogP contribution in [0.2, 0.25) is 0 Å². The van der Waals surface area contributed by atoms with Gasteiger partial charge >= 0.3 is 0 Å². The largest absolute Gasteiger partial charge is 0.506 e. The second-order valence-corrected chi connectivity index (χ2v) is 6.02. The van der Waals surface area contributed by atoms with Crippen LogP contribution in [0.15, 0.2) is 34.7 Å². The van der Waals surface area contributed by atoms with Crippen LogP contribution < -0.4 is 5.32 Å². The van der Waals surface area contributed by atoms with Crippen molar-refractivity contribution in [1.29, 1.82) is 0 Å². The highest BCUT2D eigenvalue weighted by Gasteiger charge is 2.17. The van der Waals surface area contributed by atoms with Crippen molar-refractivity contribution in [2.75, 3.05) is 18.4 Å². The topological polar surface area (TPSA) is 109 Å². The van der Waals surface area contributed by atoms with E-state index >= 15 is 0 Å². The van der Waals surface area contributed by atoms with Crippen molar-refractivity contribution in [3.05, 3.63) is 52.0 Å². The van der Waals surface area contributed by atoms with Gasteiger partial charge in [-0.3, -0.25) is 19.8 Å². The van der Waals surface area contributed by atoms with Gasteiger partial charge in [0, 0.05) is 6.07 Å². The van der Waals surface area contributed by atoms with Crippen LogP contribution in [0.4, 0.5) is 11.4 Å². The van der Waals surface area contributed by atoms with Crippen LogP contribution in [0.1, 0.15) is 35.6 Å². The zero-order valence-electron chi connectivity index (χ0n) is 13.6. The van der Waals surface area contributed by atoms with Gasteiger partial charge in [0.15, 0.2) is 5.76 Å². The molecule has 2 aromatic rings. The van der Waals surface area contributed by atoms with Crippen molar-refractivity contribution in [3.8, 4) is 5.75 Å². The molecule has 1 aliphatic rings. The van der Waals surface area contributed by atoms with Crippen molar-refractivity contribution in [2.45, 2.75) is 25.8 Å². The number of phenols is 1. The number of piperidine rings is 1. The number of benzene rings is 1. The minimum Gasteiger partial charge on any atom is -0.506 e. The lowest BCUT2D eigenvalue weighted by Gasteiger charge is -2.25. The summed E-state index contributed by atoms with van der Waals surface area (Å²) in [5.74, 6) is -0.0542. The molecule has 0 unspecified atom stereocenters. The highest BCUT2D eigenvalue weighted by atomic mass is 16.6. The zero-order chi connectivity index (χ0) is 17.8. The number of aromatic hydroxyl groups is 1. The van der Waals surface area contributed by atoms with E-state index in [0.29, 0.717) is 12.3 Å². The second-order valence-electron chi connectivity index (χ2n) is 6.02. The number of rotatable bonds is 5. The van der Waals surface area contributed by atoms with Crippen LogP contribution in [0, 0.1) is 10.1 Å². The normalized spacial score (nSPS) is 15.0. The summed E-state index contributed by atoms with van der Waals surface area (Å²) in [7, 11) is 0. The average molecular weight is 345 g/mol. The number of carbonyl (C=O) groups excluding carboxylic acids is 1. The van der Waals surface area contributed by atoms with Crippen molar-refractivity contribution in [3.63, 3.8) is 0 Å². The van der Waals surface area contributed by atoms with E-state index in [9.17, 15) is 20.0 Å². The number of nitro benzene ring substituents is 1. The Kier molecular flexibility index (Phi) is 4.99. The van der Waals surface area contributed by atoms with Crippen molar-refractivity contribution in [2.24, 2.45) is 0 Å². The molecule has 0 bridgehead atoms. The molecule has 0 atom stereocenters. The summed E-state index contributed by atoms with van der Waals surface area (Å²) in [6, 6.07) is 6.82. The summed E-state index contributed by atoms with van der Waals surface area (Å²) in [4.78, 5) is 24.6.